The molecule has 0 aliphatic carbocycles. The van der Waals surface area contributed by atoms with Gasteiger partial charge in [-0.3, -0.25) is 10.1 Å². The van der Waals surface area contributed by atoms with E-state index in [0.717, 1.165) is 11.3 Å². The maximum absolute atomic E-state index is 13.3. The van der Waals surface area contributed by atoms with Crippen LogP contribution in [-0.4, -0.2) is 32.3 Å². The summed E-state index contributed by atoms with van der Waals surface area (Å²) in [6.07, 6.45) is -4.71. The van der Waals surface area contributed by atoms with Gasteiger partial charge in [0.2, 0.25) is 5.91 Å². The fourth-order valence-corrected chi connectivity index (χ4v) is 4.74. The van der Waals surface area contributed by atoms with Gasteiger partial charge in [0.1, 0.15) is 12.1 Å². The number of carbonyl (C=O) groups is 1. The zero-order valence-electron chi connectivity index (χ0n) is 13.4. The number of amides is 1. The number of benzene rings is 1. The molecule has 1 aromatic heterocycles. The van der Waals surface area contributed by atoms with Gasteiger partial charge >= 0.3 is 6.18 Å². The number of sulfone groups is 1. The van der Waals surface area contributed by atoms with Gasteiger partial charge in [-0.1, -0.05) is 36.4 Å². The van der Waals surface area contributed by atoms with Gasteiger partial charge in [-0.2, -0.15) is 13.2 Å². The van der Waals surface area contributed by atoms with Crippen LogP contribution in [0.5, 0.6) is 0 Å². The van der Waals surface area contributed by atoms with Gasteiger partial charge in [-0.25, -0.2) is 8.42 Å². The van der Waals surface area contributed by atoms with E-state index in [1.807, 2.05) is 0 Å². The van der Waals surface area contributed by atoms with Crippen molar-refractivity contribution in [3.63, 3.8) is 0 Å². The van der Waals surface area contributed by atoms with Crippen molar-refractivity contribution >= 4 is 27.1 Å². The summed E-state index contributed by atoms with van der Waals surface area (Å²) >= 11 is 0.848. The van der Waals surface area contributed by atoms with Crippen molar-refractivity contribution in [2.75, 3.05) is 5.75 Å². The molecule has 0 saturated carbocycles. The smallest absolute Gasteiger partial charge is 0.368 e. The number of nitrogens with two attached hydrogens (primary N) is 1. The molecule has 2 rings (SSSR count). The Kier molecular flexibility index (Phi) is 6.43. The van der Waals surface area contributed by atoms with E-state index in [9.17, 15) is 26.4 Å². The topological polar surface area (TPSA) is 89.3 Å². The van der Waals surface area contributed by atoms with Crippen LogP contribution in [0.25, 0.3) is 0 Å². The molecule has 10 heteroatoms. The van der Waals surface area contributed by atoms with Crippen molar-refractivity contribution in [2.45, 2.75) is 24.0 Å². The second-order valence-corrected chi connectivity index (χ2v) is 8.74. The number of nitrogens with one attached hydrogen (secondary N) is 1. The lowest BCUT2D eigenvalue weighted by atomic mass is 10.2. The summed E-state index contributed by atoms with van der Waals surface area (Å²) in [6, 6.07) is 7.00. The molecule has 0 bridgehead atoms. The second-order valence-electron chi connectivity index (χ2n) is 5.65. The Labute approximate surface area is 152 Å². The number of hydrogen-bond donors (Lipinski definition) is 2. The molecule has 0 radical (unpaired) electrons. The third-order valence-corrected chi connectivity index (χ3v) is 6.07. The molecule has 1 unspecified atom stereocenters. The van der Waals surface area contributed by atoms with Crippen LogP contribution >= 0.6 is 11.3 Å². The summed E-state index contributed by atoms with van der Waals surface area (Å²) in [7, 11) is -3.87. The van der Waals surface area contributed by atoms with E-state index in [1.165, 1.54) is 17.5 Å². The molecule has 2 aromatic rings. The lowest BCUT2D eigenvalue weighted by molar-refractivity contribution is -0.159. The minimum absolute atomic E-state index is 0.0794. The number of carbonyl (C=O) groups excluding carboxylic acids is 1. The Bertz CT molecular complexity index is 822. The fourth-order valence-electron chi connectivity index (χ4n) is 2.35. The molecule has 0 aliphatic heterocycles. The van der Waals surface area contributed by atoms with E-state index in [-0.39, 0.29) is 4.88 Å². The van der Waals surface area contributed by atoms with Crippen molar-refractivity contribution in [3.05, 3.63) is 58.3 Å². The minimum Gasteiger partial charge on any atom is -0.368 e. The molecule has 3 N–H and O–H groups in total. The zero-order chi connectivity index (χ0) is 19.4. The van der Waals surface area contributed by atoms with E-state index in [4.69, 9.17) is 5.73 Å². The summed E-state index contributed by atoms with van der Waals surface area (Å²) in [5.41, 5.74) is 5.63. The van der Waals surface area contributed by atoms with Gasteiger partial charge in [-0.05, 0) is 17.0 Å². The van der Waals surface area contributed by atoms with Crippen molar-refractivity contribution in [1.29, 1.82) is 0 Å². The Morgan fingerprint density at radius 3 is 2.31 bits per heavy atom. The first-order valence-corrected chi connectivity index (χ1v) is 10.2. The molecule has 0 aliphatic rings. The first-order chi connectivity index (χ1) is 12.1. The summed E-state index contributed by atoms with van der Waals surface area (Å²) < 4.78 is 64.6. The Hall–Kier alpha value is -1.91. The molecule has 1 aromatic carbocycles. The van der Waals surface area contributed by atoms with Gasteiger partial charge in [0, 0.05) is 4.88 Å². The van der Waals surface area contributed by atoms with Crippen LogP contribution in [0, 0.1) is 0 Å². The number of halogens is 3. The summed E-state index contributed by atoms with van der Waals surface area (Å²) in [4.78, 5) is 11.5. The number of thiophene rings is 1. The molecule has 2 atom stereocenters. The molecule has 0 saturated heterocycles. The number of primary amides is 1. The van der Waals surface area contributed by atoms with Crippen molar-refractivity contribution in [2.24, 2.45) is 5.73 Å². The third kappa shape index (κ3) is 5.82. The second kappa shape index (κ2) is 8.19. The quantitative estimate of drug-likeness (QED) is 0.705. The molecule has 0 spiro atoms. The standard InChI is InChI=1S/C16H17F3N2O3S2/c17-16(18,19)14(13-7-4-8-25-13)21-12(15(20)22)10-26(23,24)9-11-5-2-1-3-6-11/h1-8,12,14,21H,9-10H2,(H2,20,22)/t12-,14?/m0/s1. The van der Waals surface area contributed by atoms with Gasteiger partial charge in [-0.15, -0.1) is 11.3 Å². The maximum Gasteiger partial charge on any atom is 0.408 e. The lowest BCUT2D eigenvalue weighted by Crippen LogP contribution is -2.50. The Morgan fingerprint density at radius 1 is 1.15 bits per heavy atom. The van der Waals surface area contributed by atoms with Crippen molar-refractivity contribution in [1.82, 2.24) is 5.32 Å². The number of hydrogen-bond acceptors (Lipinski definition) is 5. The highest BCUT2D eigenvalue weighted by atomic mass is 32.2. The summed E-state index contributed by atoms with van der Waals surface area (Å²) in [6.45, 7) is 0. The van der Waals surface area contributed by atoms with E-state index in [2.05, 4.69) is 5.32 Å². The van der Waals surface area contributed by atoms with Crippen LogP contribution < -0.4 is 11.1 Å². The van der Waals surface area contributed by atoms with Gasteiger partial charge in [0.25, 0.3) is 0 Å². The number of rotatable bonds is 8. The van der Waals surface area contributed by atoms with E-state index in [0.29, 0.717) is 5.56 Å². The van der Waals surface area contributed by atoms with Crippen LogP contribution in [0.3, 0.4) is 0 Å². The van der Waals surface area contributed by atoms with Gasteiger partial charge < -0.3 is 5.73 Å². The SMILES string of the molecule is NC(=O)[C@H](CS(=O)(=O)Cc1ccccc1)NC(c1cccs1)C(F)(F)F. The minimum atomic E-state index is -4.71. The van der Waals surface area contributed by atoms with Crippen LogP contribution in [0.4, 0.5) is 13.2 Å². The van der Waals surface area contributed by atoms with Gasteiger partial charge in [0.05, 0.1) is 11.5 Å². The normalized spacial score (nSPS) is 14.7. The van der Waals surface area contributed by atoms with E-state index >= 15 is 0 Å². The predicted octanol–water partition coefficient (Wildman–Crippen LogP) is 2.41. The van der Waals surface area contributed by atoms with Crippen molar-refractivity contribution in [3.8, 4) is 0 Å². The highest BCUT2D eigenvalue weighted by Gasteiger charge is 2.43. The molecule has 1 heterocycles. The first kappa shape index (κ1) is 20.4. The first-order valence-electron chi connectivity index (χ1n) is 7.48. The molecule has 26 heavy (non-hydrogen) atoms. The Morgan fingerprint density at radius 2 is 1.81 bits per heavy atom. The predicted molar refractivity (Wildman–Crippen MR) is 93.2 cm³/mol. The van der Waals surface area contributed by atoms with E-state index < -0.39 is 45.5 Å². The monoisotopic (exact) mass is 406 g/mol. The summed E-state index contributed by atoms with van der Waals surface area (Å²) in [5, 5.41) is 3.53. The van der Waals surface area contributed by atoms with Crippen LogP contribution in [0.2, 0.25) is 0 Å². The van der Waals surface area contributed by atoms with Crippen LogP contribution in [-0.2, 0) is 20.4 Å². The highest BCUT2D eigenvalue weighted by Crippen LogP contribution is 2.35. The third-order valence-electron chi connectivity index (χ3n) is 3.52. The van der Waals surface area contributed by atoms with E-state index in [1.54, 1.807) is 30.3 Å². The fraction of sp³-hybridized carbons (Fsp3) is 0.312. The highest BCUT2D eigenvalue weighted by molar-refractivity contribution is 7.90. The average Bonchev–Trinajstić information content (AvgIpc) is 3.04. The maximum atomic E-state index is 13.3. The molecule has 0 fully saturated rings. The molecule has 5 nitrogen and oxygen atoms in total. The molecular formula is C16H17F3N2O3S2. The van der Waals surface area contributed by atoms with Crippen LogP contribution in [0.1, 0.15) is 16.5 Å². The number of alkyl halides is 3. The van der Waals surface area contributed by atoms with Gasteiger partial charge in [0.15, 0.2) is 9.84 Å². The molecular weight excluding hydrogens is 389 g/mol. The Balaban J connectivity index is 2.18. The average molecular weight is 406 g/mol. The summed E-state index contributed by atoms with van der Waals surface area (Å²) in [5.74, 6) is -2.38. The van der Waals surface area contributed by atoms with Crippen molar-refractivity contribution < 1.29 is 26.4 Å². The zero-order valence-corrected chi connectivity index (χ0v) is 15.1. The lowest BCUT2D eigenvalue weighted by Gasteiger charge is -2.25. The molecule has 142 valence electrons. The van der Waals surface area contributed by atoms with Crippen LogP contribution in [0.15, 0.2) is 47.8 Å². The molecule has 1 amide bonds. The largest absolute Gasteiger partial charge is 0.408 e.